The predicted molar refractivity (Wildman–Crippen MR) is 116 cm³/mol. The van der Waals surface area contributed by atoms with Crippen LogP contribution in [0.5, 0.6) is 5.75 Å². The van der Waals surface area contributed by atoms with E-state index < -0.39 is 0 Å². The van der Waals surface area contributed by atoms with Gasteiger partial charge in [-0.3, -0.25) is 0 Å². The van der Waals surface area contributed by atoms with Crippen LogP contribution in [0, 0.1) is 23.7 Å². The minimum atomic E-state index is 0.561. The second-order valence-corrected chi connectivity index (χ2v) is 9.62. The van der Waals surface area contributed by atoms with E-state index in [1.807, 2.05) is 0 Å². The summed E-state index contributed by atoms with van der Waals surface area (Å²) in [4.78, 5) is 0. The highest BCUT2D eigenvalue weighted by Gasteiger charge is 2.38. The number of aryl methyl sites for hydroxylation is 1. The molecule has 0 aliphatic heterocycles. The van der Waals surface area contributed by atoms with E-state index in [1.165, 1.54) is 70.6 Å². The minimum Gasteiger partial charge on any atom is -0.494 e. The van der Waals surface area contributed by atoms with Crippen LogP contribution in [-0.2, 0) is 17.6 Å². The second-order valence-electron chi connectivity index (χ2n) is 9.62. The van der Waals surface area contributed by atoms with Crippen LogP contribution in [0.1, 0.15) is 82.8 Å². The number of hydrogen-bond acceptors (Lipinski definition) is 2. The van der Waals surface area contributed by atoms with Crippen molar-refractivity contribution in [1.29, 1.82) is 0 Å². The molecule has 0 amide bonds. The molecule has 5 atom stereocenters. The van der Waals surface area contributed by atoms with Gasteiger partial charge in [-0.1, -0.05) is 19.4 Å². The molecule has 0 saturated heterocycles. The molecule has 28 heavy (non-hydrogen) atoms. The van der Waals surface area contributed by atoms with E-state index in [1.54, 1.807) is 11.1 Å². The Hall–Kier alpha value is -1.02. The third-order valence-corrected chi connectivity index (χ3v) is 7.88. The summed E-state index contributed by atoms with van der Waals surface area (Å²) >= 11 is 0. The minimum absolute atomic E-state index is 0.561. The maximum atomic E-state index is 6.17. The van der Waals surface area contributed by atoms with E-state index in [0.717, 1.165) is 42.6 Å². The second kappa shape index (κ2) is 9.65. The number of fused-ring (bicyclic) bond motifs is 2. The highest BCUT2D eigenvalue weighted by Crippen LogP contribution is 2.47. The summed E-state index contributed by atoms with van der Waals surface area (Å²) in [7, 11) is 0. The van der Waals surface area contributed by atoms with Crippen LogP contribution in [0.2, 0.25) is 0 Å². The van der Waals surface area contributed by atoms with Gasteiger partial charge < -0.3 is 9.47 Å². The summed E-state index contributed by atoms with van der Waals surface area (Å²) in [6, 6.07) is 6.82. The lowest BCUT2D eigenvalue weighted by Crippen LogP contribution is -2.37. The van der Waals surface area contributed by atoms with Crippen LogP contribution in [0.15, 0.2) is 18.2 Å². The van der Waals surface area contributed by atoms with Crippen molar-refractivity contribution in [2.75, 3.05) is 13.2 Å². The molecule has 0 heterocycles. The van der Waals surface area contributed by atoms with Gasteiger partial charge in [-0.05, 0) is 118 Å². The topological polar surface area (TPSA) is 18.5 Å². The first-order chi connectivity index (χ1) is 13.8. The molecular weight excluding hydrogens is 344 g/mol. The van der Waals surface area contributed by atoms with Crippen LogP contribution in [0.25, 0.3) is 0 Å². The molecule has 2 saturated carbocycles. The van der Waals surface area contributed by atoms with Crippen LogP contribution < -0.4 is 4.74 Å². The quantitative estimate of drug-likeness (QED) is 0.494. The van der Waals surface area contributed by atoms with E-state index in [9.17, 15) is 0 Å². The zero-order chi connectivity index (χ0) is 19.3. The molecule has 3 aliphatic carbocycles. The van der Waals surface area contributed by atoms with Gasteiger partial charge in [0.25, 0.3) is 0 Å². The zero-order valence-electron chi connectivity index (χ0n) is 18.1. The standard InChI is InChI=1S/C26H40O2/c1-3-5-14-28-26-13-11-22-16-20(7-9-24(22)18-26)19-6-8-23-17-25(27-4-2)12-10-21(23)15-19/h10,12,17,19-20,22,24,26H,3-9,11,13-16,18H2,1-2H3/t19?,20?,22-,24?,26-/m1/s1. The smallest absolute Gasteiger partial charge is 0.119 e. The van der Waals surface area contributed by atoms with Gasteiger partial charge in [0.1, 0.15) is 5.75 Å². The lowest BCUT2D eigenvalue weighted by molar-refractivity contribution is -0.0247. The highest BCUT2D eigenvalue weighted by atomic mass is 16.5. The van der Waals surface area contributed by atoms with Gasteiger partial charge in [0.2, 0.25) is 0 Å². The molecule has 0 radical (unpaired) electrons. The van der Waals surface area contributed by atoms with E-state index in [4.69, 9.17) is 9.47 Å². The maximum absolute atomic E-state index is 6.17. The predicted octanol–water partition coefficient (Wildman–Crippen LogP) is 6.59. The molecule has 0 N–H and O–H groups in total. The Labute approximate surface area is 172 Å². The molecule has 0 bridgehead atoms. The third kappa shape index (κ3) is 4.75. The fraction of sp³-hybridized carbons (Fsp3) is 0.769. The Balaban J connectivity index is 1.29. The molecule has 1 aromatic carbocycles. The molecule has 3 unspecified atom stereocenters. The molecule has 1 aromatic rings. The highest BCUT2D eigenvalue weighted by molar-refractivity contribution is 5.37. The van der Waals surface area contributed by atoms with Crippen LogP contribution in [0.4, 0.5) is 0 Å². The van der Waals surface area contributed by atoms with E-state index in [-0.39, 0.29) is 0 Å². The first kappa shape index (κ1) is 20.3. The molecule has 0 aromatic heterocycles. The Morgan fingerprint density at radius 3 is 2.46 bits per heavy atom. The van der Waals surface area contributed by atoms with Gasteiger partial charge >= 0.3 is 0 Å². The van der Waals surface area contributed by atoms with Gasteiger partial charge in [0.15, 0.2) is 0 Å². The number of unbranched alkanes of at least 4 members (excludes halogenated alkanes) is 1. The summed E-state index contributed by atoms with van der Waals surface area (Å²) in [6.45, 7) is 6.06. The van der Waals surface area contributed by atoms with E-state index in [0.29, 0.717) is 6.10 Å². The Morgan fingerprint density at radius 1 is 0.857 bits per heavy atom. The summed E-state index contributed by atoms with van der Waals surface area (Å²) in [5.41, 5.74) is 3.13. The third-order valence-electron chi connectivity index (χ3n) is 7.88. The Kier molecular flexibility index (Phi) is 6.99. The van der Waals surface area contributed by atoms with E-state index >= 15 is 0 Å². The number of benzene rings is 1. The SMILES string of the molecule is CCCCO[C@@H]1CC[C@@H]2CC(C3CCc4cc(OCC)ccc4C3)CCC2C1. The van der Waals surface area contributed by atoms with E-state index in [2.05, 4.69) is 32.0 Å². The van der Waals surface area contributed by atoms with Gasteiger partial charge in [-0.2, -0.15) is 0 Å². The monoisotopic (exact) mass is 384 g/mol. The summed E-state index contributed by atoms with van der Waals surface area (Å²) in [5.74, 6) is 4.84. The van der Waals surface area contributed by atoms with Gasteiger partial charge in [-0.15, -0.1) is 0 Å². The van der Waals surface area contributed by atoms with Crippen molar-refractivity contribution in [3.63, 3.8) is 0 Å². The molecule has 2 nitrogen and oxygen atoms in total. The average Bonchev–Trinajstić information content (AvgIpc) is 2.73. The van der Waals surface area contributed by atoms with Crippen molar-refractivity contribution in [3.05, 3.63) is 29.3 Å². The first-order valence-electron chi connectivity index (χ1n) is 12.1. The van der Waals surface area contributed by atoms with Gasteiger partial charge in [0, 0.05) is 6.61 Å². The maximum Gasteiger partial charge on any atom is 0.119 e. The molecule has 156 valence electrons. The van der Waals surface area contributed by atoms with Crippen molar-refractivity contribution < 1.29 is 9.47 Å². The van der Waals surface area contributed by atoms with Crippen LogP contribution >= 0.6 is 0 Å². The first-order valence-corrected chi connectivity index (χ1v) is 12.1. The van der Waals surface area contributed by atoms with Crippen molar-refractivity contribution in [2.24, 2.45) is 23.7 Å². The van der Waals surface area contributed by atoms with Gasteiger partial charge in [-0.25, -0.2) is 0 Å². The lowest BCUT2D eigenvalue weighted by atomic mass is 9.62. The number of rotatable bonds is 7. The van der Waals surface area contributed by atoms with Gasteiger partial charge in [0.05, 0.1) is 12.7 Å². The fourth-order valence-corrected chi connectivity index (χ4v) is 6.27. The van der Waals surface area contributed by atoms with Crippen LogP contribution in [-0.4, -0.2) is 19.3 Å². The Bertz CT molecular complexity index is 625. The molecule has 0 spiro atoms. The molecule has 2 heteroatoms. The number of hydrogen-bond donors (Lipinski definition) is 0. The summed E-state index contributed by atoms with van der Waals surface area (Å²) in [5, 5.41) is 0. The van der Waals surface area contributed by atoms with Crippen molar-refractivity contribution in [1.82, 2.24) is 0 Å². The summed E-state index contributed by atoms with van der Waals surface area (Å²) < 4.78 is 11.9. The lowest BCUT2D eigenvalue weighted by Gasteiger charge is -2.45. The van der Waals surface area contributed by atoms with Crippen LogP contribution in [0.3, 0.4) is 0 Å². The molecule has 3 aliphatic rings. The zero-order valence-corrected chi connectivity index (χ0v) is 18.1. The number of ether oxygens (including phenoxy) is 2. The molecule has 4 rings (SSSR count). The van der Waals surface area contributed by atoms with Crippen molar-refractivity contribution >= 4 is 0 Å². The van der Waals surface area contributed by atoms with Crippen molar-refractivity contribution in [2.45, 2.75) is 90.6 Å². The fourth-order valence-electron chi connectivity index (χ4n) is 6.27. The average molecular weight is 385 g/mol. The molecule has 2 fully saturated rings. The largest absolute Gasteiger partial charge is 0.494 e. The summed E-state index contributed by atoms with van der Waals surface area (Å²) in [6.07, 6.45) is 15.4. The normalized spacial score (nSPS) is 32.4. The Morgan fingerprint density at radius 2 is 1.64 bits per heavy atom. The molecular formula is C26H40O2. The van der Waals surface area contributed by atoms with Crippen molar-refractivity contribution in [3.8, 4) is 5.75 Å².